The van der Waals surface area contributed by atoms with Gasteiger partial charge in [-0.15, -0.1) is 0 Å². The van der Waals surface area contributed by atoms with Gasteiger partial charge in [0.1, 0.15) is 0 Å². The lowest BCUT2D eigenvalue weighted by atomic mass is 9.54. The van der Waals surface area contributed by atoms with E-state index in [-0.39, 0.29) is 28.3 Å². The van der Waals surface area contributed by atoms with Crippen LogP contribution in [-0.4, -0.2) is 11.6 Å². The average Bonchev–Trinajstić information content (AvgIpc) is 2.42. The molecule has 0 aromatic rings. The highest BCUT2D eigenvalue weighted by atomic mass is 16.1. The van der Waals surface area contributed by atoms with Gasteiger partial charge in [-0.1, -0.05) is 52.8 Å². The van der Waals surface area contributed by atoms with Crippen molar-refractivity contribution in [1.82, 2.24) is 0 Å². The van der Waals surface area contributed by atoms with Gasteiger partial charge in [0.2, 0.25) is 0 Å². The molecule has 22 heavy (non-hydrogen) atoms. The maximum Gasteiger partial charge on any atom is 0.190 e. The monoisotopic (exact) mass is 296 g/mol. The summed E-state index contributed by atoms with van der Waals surface area (Å²) in [6.07, 6.45) is 9.83. The average molecular weight is 296 g/mol. The minimum absolute atomic E-state index is 0.00201. The van der Waals surface area contributed by atoms with Crippen molar-refractivity contribution in [1.29, 1.82) is 0 Å². The van der Waals surface area contributed by atoms with Crippen LogP contribution in [0.3, 0.4) is 0 Å². The third-order valence-electron chi connectivity index (χ3n) is 5.87. The zero-order valence-corrected chi connectivity index (χ0v) is 14.1. The molecule has 0 aliphatic heterocycles. The first kappa shape index (κ1) is 15.2. The SMILES string of the molecule is CC(C)C1=CC(=O)C2=C(C=C[C@@]3(C)C2=CCCC3(C)C)C1=O. The Morgan fingerprint density at radius 1 is 1.14 bits per heavy atom. The summed E-state index contributed by atoms with van der Waals surface area (Å²) in [6.45, 7) is 10.6. The second kappa shape index (κ2) is 4.65. The van der Waals surface area contributed by atoms with Crippen molar-refractivity contribution in [2.24, 2.45) is 16.7 Å². The molecule has 0 fully saturated rings. The molecule has 2 heteroatoms. The summed E-state index contributed by atoms with van der Waals surface area (Å²) in [7, 11) is 0. The predicted molar refractivity (Wildman–Crippen MR) is 88.3 cm³/mol. The molecule has 0 aromatic carbocycles. The van der Waals surface area contributed by atoms with Gasteiger partial charge in [-0.05, 0) is 35.8 Å². The Hall–Kier alpha value is -1.70. The van der Waals surface area contributed by atoms with Crippen LogP contribution in [0.4, 0.5) is 0 Å². The summed E-state index contributed by atoms with van der Waals surface area (Å²) in [5.74, 6) is 0.0917. The number of fused-ring (bicyclic) bond motifs is 2. The lowest BCUT2D eigenvalue weighted by molar-refractivity contribution is -0.116. The van der Waals surface area contributed by atoms with Gasteiger partial charge in [0.05, 0.1) is 0 Å². The Bertz CT molecular complexity index is 695. The quantitative estimate of drug-likeness (QED) is 0.675. The fourth-order valence-corrected chi connectivity index (χ4v) is 3.89. The van der Waals surface area contributed by atoms with Crippen LogP contribution in [0.25, 0.3) is 0 Å². The molecule has 0 heterocycles. The van der Waals surface area contributed by atoms with Crippen LogP contribution in [0, 0.1) is 16.7 Å². The topological polar surface area (TPSA) is 34.1 Å². The first-order valence-electron chi connectivity index (χ1n) is 8.14. The zero-order valence-electron chi connectivity index (χ0n) is 14.1. The van der Waals surface area contributed by atoms with Crippen molar-refractivity contribution in [2.75, 3.05) is 0 Å². The van der Waals surface area contributed by atoms with Gasteiger partial charge in [0.15, 0.2) is 11.6 Å². The van der Waals surface area contributed by atoms with Gasteiger partial charge < -0.3 is 0 Å². The Morgan fingerprint density at radius 2 is 1.82 bits per heavy atom. The van der Waals surface area contributed by atoms with E-state index in [0.29, 0.717) is 16.7 Å². The molecule has 116 valence electrons. The minimum Gasteiger partial charge on any atom is -0.289 e. The molecule has 0 saturated carbocycles. The highest BCUT2D eigenvalue weighted by Gasteiger charge is 2.48. The van der Waals surface area contributed by atoms with Crippen LogP contribution in [-0.2, 0) is 9.59 Å². The molecule has 0 bridgehead atoms. The molecule has 3 rings (SSSR count). The van der Waals surface area contributed by atoms with Crippen molar-refractivity contribution in [2.45, 2.75) is 47.5 Å². The van der Waals surface area contributed by atoms with Crippen molar-refractivity contribution < 1.29 is 9.59 Å². The van der Waals surface area contributed by atoms with E-state index in [1.807, 2.05) is 19.9 Å². The smallest absolute Gasteiger partial charge is 0.190 e. The number of rotatable bonds is 1. The van der Waals surface area contributed by atoms with Gasteiger partial charge >= 0.3 is 0 Å². The normalized spacial score (nSPS) is 30.1. The number of carbonyl (C=O) groups is 2. The van der Waals surface area contributed by atoms with E-state index in [1.165, 1.54) is 0 Å². The molecular weight excluding hydrogens is 272 g/mol. The van der Waals surface area contributed by atoms with Crippen molar-refractivity contribution in [3.05, 3.63) is 46.6 Å². The second-order valence-corrected chi connectivity index (χ2v) is 7.81. The summed E-state index contributed by atoms with van der Waals surface area (Å²) in [5.41, 5.74) is 2.83. The van der Waals surface area contributed by atoms with Gasteiger partial charge in [0, 0.05) is 22.1 Å². The Kier molecular flexibility index (Phi) is 3.21. The molecule has 2 nitrogen and oxygen atoms in total. The first-order chi connectivity index (χ1) is 10.2. The Balaban J connectivity index is 2.17. The number of hydrogen-bond acceptors (Lipinski definition) is 2. The molecule has 0 saturated heterocycles. The summed E-state index contributed by atoms with van der Waals surface area (Å²) < 4.78 is 0. The maximum absolute atomic E-state index is 12.7. The molecule has 0 N–H and O–H groups in total. The zero-order chi connectivity index (χ0) is 16.3. The van der Waals surface area contributed by atoms with E-state index in [2.05, 4.69) is 32.9 Å². The highest BCUT2D eigenvalue weighted by molar-refractivity contribution is 6.26. The van der Waals surface area contributed by atoms with E-state index in [4.69, 9.17) is 0 Å². The van der Waals surface area contributed by atoms with Crippen LogP contribution < -0.4 is 0 Å². The molecule has 0 aromatic heterocycles. The Labute approximate surface area is 132 Å². The summed E-state index contributed by atoms with van der Waals surface area (Å²) in [5, 5.41) is 0. The number of Topliss-reactive ketones (excluding diaryl/α,β-unsaturated/α-hetero) is 1. The second-order valence-electron chi connectivity index (χ2n) is 7.81. The van der Waals surface area contributed by atoms with Crippen LogP contribution in [0.15, 0.2) is 46.6 Å². The molecule has 3 aliphatic carbocycles. The Morgan fingerprint density at radius 3 is 2.45 bits per heavy atom. The minimum atomic E-state index is -0.177. The van der Waals surface area contributed by atoms with Crippen molar-refractivity contribution in [3.8, 4) is 0 Å². The number of allylic oxidation sites excluding steroid dienone is 8. The summed E-state index contributed by atoms with van der Waals surface area (Å²) in [4.78, 5) is 25.5. The molecule has 0 radical (unpaired) electrons. The van der Waals surface area contributed by atoms with Gasteiger partial charge in [-0.3, -0.25) is 9.59 Å². The first-order valence-corrected chi connectivity index (χ1v) is 8.14. The third-order valence-corrected chi connectivity index (χ3v) is 5.87. The van der Waals surface area contributed by atoms with E-state index >= 15 is 0 Å². The predicted octanol–water partition coefficient (Wildman–Crippen LogP) is 4.34. The fraction of sp³-hybridized carbons (Fsp3) is 0.500. The van der Waals surface area contributed by atoms with Crippen LogP contribution in [0.2, 0.25) is 0 Å². The molecular formula is C20H24O2. The van der Waals surface area contributed by atoms with Gasteiger partial charge in [-0.2, -0.15) is 0 Å². The van der Waals surface area contributed by atoms with Gasteiger partial charge in [-0.25, -0.2) is 0 Å². The van der Waals surface area contributed by atoms with Crippen LogP contribution in [0.1, 0.15) is 47.5 Å². The lowest BCUT2D eigenvalue weighted by Gasteiger charge is -2.49. The highest BCUT2D eigenvalue weighted by Crippen LogP contribution is 2.56. The van der Waals surface area contributed by atoms with Crippen molar-refractivity contribution >= 4 is 11.6 Å². The molecule has 1 atom stereocenters. The van der Waals surface area contributed by atoms with E-state index in [0.717, 1.165) is 18.4 Å². The molecule has 0 spiro atoms. The van der Waals surface area contributed by atoms with Crippen LogP contribution >= 0.6 is 0 Å². The van der Waals surface area contributed by atoms with E-state index < -0.39 is 0 Å². The lowest BCUT2D eigenvalue weighted by Crippen LogP contribution is -2.42. The fourth-order valence-electron chi connectivity index (χ4n) is 3.89. The van der Waals surface area contributed by atoms with Crippen LogP contribution in [0.5, 0.6) is 0 Å². The number of carbonyl (C=O) groups excluding carboxylic acids is 2. The van der Waals surface area contributed by atoms with Crippen molar-refractivity contribution in [3.63, 3.8) is 0 Å². The number of ketones is 2. The molecule has 0 unspecified atom stereocenters. The number of hydrogen-bond donors (Lipinski definition) is 0. The molecule has 0 amide bonds. The molecule has 3 aliphatic rings. The maximum atomic E-state index is 12.7. The largest absolute Gasteiger partial charge is 0.289 e. The third kappa shape index (κ3) is 1.86. The van der Waals surface area contributed by atoms with E-state index in [1.54, 1.807) is 6.08 Å². The van der Waals surface area contributed by atoms with Gasteiger partial charge in [0.25, 0.3) is 0 Å². The van der Waals surface area contributed by atoms with E-state index in [9.17, 15) is 9.59 Å². The summed E-state index contributed by atoms with van der Waals surface area (Å²) >= 11 is 0. The standard InChI is InChI=1S/C20H24O2/c1-12(2)14-11-16(21)17-13(18(14)22)8-10-20(5)15(17)7-6-9-19(20,3)4/h7-8,10-12H,6,9H2,1-5H3/t20-/m0/s1. The summed E-state index contributed by atoms with van der Waals surface area (Å²) in [6, 6.07) is 0.